The predicted octanol–water partition coefficient (Wildman–Crippen LogP) is 0.804. The molecule has 1 amide bonds. The molecule has 0 saturated heterocycles. The standard InChI is InChI=1S/C17H16N6O3/c18-15-14-16(21-8-20-15)23(9-22-14)5-4-19-17(25)10-1-2-13-11(7-10)12(24)3-6-26-13/h1-2,7-9H,3-6H2,(H,19,25)(H2,18,20,21). The number of hydrogen-bond donors (Lipinski definition) is 2. The van der Waals surface area contributed by atoms with Crippen molar-refractivity contribution in [2.24, 2.45) is 0 Å². The number of ketones is 1. The highest BCUT2D eigenvalue weighted by Gasteiger charge is 2.20. The van der Waals surface area contributed by atoms with Crippen LogP contribution < -0.4 is 15.8 Å². The summed E-state index contributed by atoms with van der Waals surface area (Å²) in [5.74, 6) is 0.575. The summed E-state index contributed by atoms with van der Waals surface area (Å²) in [5.41, 5.74) is 7.78. The minimum Gasteiger partial charge on any atom is -0.492 e. The molecule has 0 radical (unpaired) electrons. The average Bonchev–Trinajstić information content (AvgIpc) is 3.06. The maximum atomic E-state index is 12.3. The molecule has 0 spiro atoms. The number of nitrogen functional groups attached to an aromatic ring is 1. The first-order valence-corrected chi connectivity index (χ1v) is 8.13. The van der Waals surface area contributed by atoms with Crippen LogP contribution in [-0.4, -0.2) is 44.4 Å². The van der Waals surface area contributed by atoms with Gasteiger partial charge in [0.1, 0.15) is 17.6 Å². The van der Waals surface area contributed by atoms with Gasteiger partial charge in [0.05, 0.1) is 18.5 Å². The number of carbonyl (C=O) groups is 2. The van der Waals surface area contributed by atoms with Crippen molar-refractivity contribution in [1.82, 2.24) is 24.8 Å². The van der Waals surface area contributed by atoms with Gasteiger partial charge in [0.2, 0.25) is 0 Å². The molecule has 1 aliphatic heterocycles. The lowest BCUT2D eigenvalue weighted by Gasteiger charge is -2.16. The highest BCUT2D eigenvalue weighted by atomic mass is 16.5. The van der Waals surface area contributed by atoms with Crippen LogP contribution >= 0.6 is 0 Å². The topological polar surface area (TPSA) is 125 Å². The Balaban J connectivity index is 1.43. The van der Waals surface area contributed by atoms with Gasteiger partial charge < -0.3 is 20.4 Å². The van der Waals surface area contributed by atoms with Gasteiger partial charge in [-0.25, -0.2) is 15.0 Å². The summed E-state index contributed by atoms with van der Waals surface area (Å²) in [6.45, 7) is 1.23. The lowest BCUT2D eigenvalue weighted by Crippen LogP contribution is -2.27. The van der Waals surface area contributed by atoms with Crippen LogP contribution in [0.25, 0.3) is 11.2 Å². The number of fused-ring (bicyclic) bond motifs is 2. The Morgan fingerprint density at radius 3 is 3.08 bits per heavy atom. The fourth-order valence-electron chi connectivity index (χ4n) is 2.86. The largest absolute Gasteiger partial charge is 0.492 e. The molecule has 3 aromatic rings. The first kappa shape index (κ1) is 16.0. The Hall–Kier alpha value is -3.49. The Morgan fingerprint density at radius 2 is 2.19 bits per heavy atom. The number of hydrogen-bond acceptors (Lipinski definition) is 7. The Morgan fingerprint density at radius 1 is 1.31 bits per heavy atom. The molecule has 0 unspecified atom stereocenters. The third-order valence-electron chi connectivity index (χ3n) is 4.20. The van der Waals surface area contributed by atoms with Gasteiger partial charge in [0, 0.05) is 25.1 Å². The van der Waals surface area contributed by atoms with Gasteiger partial charge in [0.25, 0.3) is 5.91 Å². The molecule has 26 heavy (non-hydrogen) atoms. The van der Waals surface area contributed by atoms with Crippen molar-refractivity contribution in [3.63, 3.8) is 0 Å². The molecule has 9 heteroatoms. The van der Waals surface area contributed by atoms with Crippen molar-refractivity contribution in [1.29, 1.82) is 0 Å². The number of amides is 1. The van der Waals surface area contributed by atoms with Crippen LogP contribution in [0.2, 0.25) is 0 Å². The Labute approximate surface area is 148 Å². The quantitative estimate of drug-likeness (QED) is 0.711. The summed E-state index contributed by atoms with van der Waals surface area (Å²) in [6.07, 6.45) is 3.31. The maximum absolute atomic E-state index is 12.3. The number of rotatable bonds is 4. The molecule has 1 aromatic carbocycles. The molecule has 0 fully saturated rings. The van der Waals surface area contributed by atoms with E-state index in [4.69, 9.17) is 10.5 Å². The van der Waals surface area contributed by atoms with Crippen molar-refractivity contribution in [3.8, 4) is 5.75 Å². The minimum atomic E-state index is -0.260. The smallest absolute Gasteiger partial charge is 0.251 e. The zero-order valence-corrected chi connectivity index (χ0v) is 13.8. The van der Waals surface area contributed by atoms with E-state index in [9.17, 15) is 9.59 Å². The van der Waals surface area contributed by atoms with E-state index >= 15 is 0 Å². The van der Waals surface area contributed by atoms with Gasteiger partial charge in [-0.05, 0) is 18.2 Å². The van der Waals surface area contributed by atoms with Crippen molar-refractivity contribution in [3.05, 3.63) is 42.0 Å². The number of carbonyl (C=O) groups excluding carboxylic acids is 2. The first-order valence-electron chi connectivity index (χ1n) is 8.13. The molecule has 9 nitrogen and oxygen atoms in total. The minimum absolute atomic E-state index is 0.0111. The number of nitrogens with two attached hydrogens (primary N) is 1. The van der Waals surface area contributed by atoms with Gasteiger partial charge in [-0.2, -0.15) is 0 Å². The van der Waals surface area contributed by atoms with Crippen LogP contribution in [0.3, 0.4) is 0 Å². The number of aromatic nitrogens is 4. The number of nitrogens with one attached hydrogen (secondary N) is 1. The maximum Gasteiger partial charge on any atom is 0.251 e. The summed E-state index contributed by atoms with van der Waals surface area (Å²) in [6, 6.07) is 4.88. The van der Waals surface area contributed by atoms with Crippen LogP contribution in [0.15, 0.2) is 30.9 Å². The van der Waals surface area contributed by atoms with E-state index < -0.39 is 0 Å². The molecule has 3 heterocycles. The fraction of sp³-hybridized carbons (Fsp3) is 0.235. The van der Waals surface area contributed by atoms with Crippen molar-refractivity contribution in [2.45, 2.75) is 13.0 Å². The summed E-state index contributed by atoms with van der Waals surface area (Å²) in [7, 11) is 0. The predicted molar refractivity (Wildman–Crippen MR) is 93.0 cm³/mol. The number of anilines is 1. The SMILES string of the molecule is Nc1ncnc2c1ncn2CCNC(=O)c1ccc2c(c1)C(=O)CCO2. The third kappa shape index (κ3) is 2.83. The van der Waals surface area contributed by atoms with E-state index in [1.165, 1.54) is 6.33 Å². The summed E-state index contributed by atoms with van der Waals surface area (Å²) in [5, 5.41) is 2.82. The number of Topliss-reactive ketones (excluding diaryl/α,β-unsaturated/α-hetero) is 1. The van der Waals surface area contributed by atoms with E-state index in [1.807, 2.05) is 0 Å². The Bertz CT molecular complexity index is 1010. The highest BCUT2D eigenvalue weighted by Crippen LogP contribution is 2.25. The molecule has 4 rings (SSSR count). The van der Waals surface area contributed by atoms with E-state index in [1.54, 1.807) is 29.1 Å². The molecule has 0 aliphatic carbocycles. The second kappa shape index (κ2) is 6.43. The van der Waals surface area contributed by atoms with Crippen LogP contribution in [0.4, 0.5) is 5.82 Å². The molecule has 2 aromatic heterocycles. The molecule has 132 valence electrons. The zero-order chi connectivity index (χ0) is 18.1. The highest BCUT2D eigenvalue weighted by molar-refractivity contribution is 6.03. The van der Waals surface area contributed by atoms with Crippen molar-refractivity contribution >= 4 is 28.7 Å². The van der Waals surface area contributed by atoms with Gasteiger partial charge in [-0.3, -0.25) is 9.59 Å². The molecular formula is C17H16N6O3. The molecular weight excluding hydrogens is 336 g/mol. The average molecular weight is 352 g/mol. The molecule has 0 saturated carbocycles. The third-order valence-corrected chi connectivity index (χ3v) is 4.20. The summed E-state index contributed by atoms with van der Waals surface area (Å²) < 4.78 is 7.21. The molecule has 0 bridgehead atoms. The van der Waals surface area contributed by atoms with E-state index in [-0.39, 0.29) is 11.7 Å². The number of imidazole rings is 1. The normalized spacial score (nSPS) is 13.3. The lowest BCUT2D eigenvalue weighted by atomic mass is 10.0. The van der Waals surface area contributed by atoms with Crippen LogP contribution in [0, 0.1) is 0 Å². The summed E-state index contributed by atoms with van der Waals surface area (Å²) in [4.78, 5) is 36.5. The fourth-order valence-corrected chi connectivity index (χ4v) is 2.86. The molecule has 3 N–H and O–H groups in total. The van der Waals surface area contributed by atoms with Crippen LogP contribution in [0.1, 0.15) is 27.1 Å². The van der Waals surface area contributed by atoms with Crippen molar-refractivity contribution in [2.75, 3.05) is 18.9 Å². The molecule has 1 aliphatic rings. The monoisotopic (exact) mass is 352 g/mol. The molecule has 0 atom stereocenters. The van der Waals surface area contributed by atoms with Crippen LogP contribution in [-0.2, 0) is 6.54 Å². The van der Waals surface area contributed by atoms with Gasteiger partial charge in [-0.15, -0.1) is 0 Å². The lowest BCUT2D eigenvalue weighted by molar-refractivity contribution is 0.0933. The van der Waals surface area contributed by atoms with E-state index in [0.29, 0.717) is 60.0 Å². The van der Waals surface area contributed by atoms with E-state index in [2.05, 4.69) is 20.3 Å². The first-order chi connectivity index (χ1) is 12.6. The number of benzene rings is 1. The van der Waals surface area contributed by atoms with Gasteiger partial charge in [-0.1, -0.05) is 0 Å². The second-order valence-electron chi connectivity index (χ2n) is 5.86. The van der Waals surface area contributed by atoms with Crippen LogP contribution in [0.5, 0.6) is 5.75 Å². The van der Waals surface area contributed by atoms with Gasteiger partial charge >= 0.3 is 0 Å². The number of nitrogens with zero attached hydrogens (tertiary/aromatic N) is 4. The zero-order valence-electron chi connectivity index (χ0n) is 13.8. The number of ether oxygens (including phenoxy) is 1. The Kier molecular flexibility index (Phi) is 3.96. The van der Waals surface area contributed by atoms with Crippen molar-refractivity contribution < 1.29 is 14.3 Å². The second-order valence-corrected chi connectivity index (χ2v) is 5.86. The van der Waals surface area contributed by atoms with E-state index in [0.717, 1.165) is 0 Å². The summed E-state index contributed by atoms with van der Waals surface area (Å²) >= 11 is 0. The van der Waals surface area contributed by atoms with Gasteiger partial charge in [0.15, 0.2) is 17.2 Å².